The fraction of sp³-hybridized carbons (Fsp3) is 0.526. The van der Waals surface area contributed by atoms with Gasteiger partial charge in [0, 0.05) is 5.41 Å². The Hall–Kier alpha value is -2.57. The molecule has 26 heavy (non-hydrogen) atoms. The molecule has 0 aliphatic rings. The maximum Gasteiger partial charge on any atom is 0.405 e. The minimum absolute atomic E-state index is 0.0900. The van der Waals surface area contributed by atoms with Crippen molar-refractivity contribution in [2.45, 2.75) is 53.6 Å². The number of amides is 2. The summed E-state index contributed by atoms with van der Waals surface area (Å²) >= 11 is 0. The van der Waals surface area contributed by atoms with Crippen LogP contribution in [-0.2, 0) is 21.0 Å². The molecule has 7 heteroatoms. The van der Waals surface area contributed by atoms with Crippen LogP contribution in [0.1, 0.15) is 46.6 Å². The quantitative estimate of drug-likeness (QED) is 0.724. The van der Waals surface area contributed by atoms with E-state index in [0.717, 1.165) is 10.6 Å². The third kappa shape index (κ3) is 6.06. The molecular formula is C19H28N2O5. The monoisotopic (exact) mass is 364 g/mol. The number of carbonyl (C=O) groups excluding carboxylic acids is 2. The number of carboxylic acid groups (broad SMARTS) is 1. The summed E-state index contributed by atoms with van der Waals surface area (Å²) in [7, 11) is 0. The van der Waals surface area contributed by atoms with Crippen molar-refractivity contribution in [1.29, 1.82) is 0 Å². The van der Waals surface area contributed by atoms with E-state index >= 15 is 0 Å². The Morgan fingerprint density at radius 1 is 1.19 bits per heavy atom. The Morgan fingerprint density at radius 2 is 1.77 bits per heavy atom. The van der Waals surface area contributed by atoms with Gasteiger partial charge in [0.2, 0.25) is 0 Å². The molecule has 0 radical (unpaired) electrons. The highest BCUT2D eigenvalue weighted by atomic mass is 16.7. The Bertz CT molecular complexity index is 628. The zero-order valence-electron chi connectivity index (χ0n) is 16.0. The van der Waals surface area contributed by atoms with Gasteiger partial charge in [-0.05, 0) is 17.9 Å². The lowest BCUT2D eigenvalue weighted by molar-refractivity contribution is -0.209. The number of hydrogen-bond donors (Lipinski definition) is 2. The normalized spacial score (nSPS) is 12.4. The molecule has 0 saturated carbocycles. The highest BCUT2D eigenvalue weighted by Crippen LogP contribution is 2.25. The molecule has 2 N–H and O–H groups in total. The summed E-state index contributed by atoms with van der Waals surface area (Å²) in [5.41, 5.74) is 0.0793. The van der Waals surface area contributed by atoms with Crippen molar-refractivity contribution in [2.75, 3.05) is 0 Å². The molecule has 1 rings (SSSR count). The Labute approximate surface area is 154 Å². The van der Waals surface area contributed by atoms with E-state index in [2.05, 4.69) is 5.32 Å². The number of nitrogens with one attached hydrogen (secondary N) is 1. The lowest BCUT2D eigenvalue weighted by Crippen LogP contribution is -2.49. The van der Waals surface area contributed by atoms with E-state index in [4.69, 9.17) is 9.94 Å². The van der Waals surface area contributed by atoms with Crippen LogP contribution in [0.3, 0.4) is 0 Å². The number of rotatable bonds is 7. The maximum absolute atomic E-state index is 12.9. The maximum atomic E-state index is 12.9. The number of hydroxylamine groups is 2. The van der Waals surface area contributed by atoms with Crippen molar-refractivity contribution in [3.63, 3.8) is 0 Å². The molecule has 0 heterocycles. The average molecular weight is 364 g/mol. The van der Waals surface area contributed by atoms with Gasteiger partial charge in [-0.3, -0.25) is 4.79 Å². The molecule has 0 saturated heterocycles. The topological polar surface area (TPSA) is 95.9 Å². The molecule has 144 valence electrons. The van der Waals surface area contributed by atoms with Crippen LogP contribution in [0.15, 0.2) is 30.3 Å². The van der Waals surface area contributed by atoms with E-state index in [1.807, 2.05) is 37.3 Å². The van der Waals surface area contributed by atoms with Gasteiger partial charge < -0.3 is 15.3 Å². The van der Waals surface area contributed by atoms with E-state index in [0.29, 0.717) is 6.42 Å². The van der Waals surface area contributed by atoms with Crippen molar-refractivity contribution in [1.82, 2.24) is 10.4 Å². The highest BCUT2D eigenvalue weighted by Gasteiger charge is 2.35. The molecule has 2 amide bonds. The van der Waals surface area contributed by atoms with Crippen LogP contribution < -0.4 is 5.32 Å². The van der Waals surface area contributed by atoms with E-state index in [1.54, 1.807) is 27.7 Å². The third-order valence-electron chi connectivity index (χ3n) is 4.26. The minimum atomic E-state index is -1.32. The summed E-state index contributed by atoms with van der Waals surface area (Å²) in [5.74, 6) is -1.47. The van der Waals surface area contributed by atoms with Crippen molar-refractivity contribution >= 4 is 18.0 Å². The molecule has 0 fully saturated rings. The van der Waals surface area contributed by atoms with Gasteiger partial charge in [0.15, 0.2) is 0 Å². The van der Waals surface area contributed by atoms with Crippen molar-refractivity contribution in [2.24, 2.45) is 11.3 Å². The SMILES string of the molecule is CCC(C)(C)C(=O)N(Cc1ccccc1)OC(=O)C(NC(=O)O)C(C)C. The van der Waals surface area contributed by atoms with Crippen molar-refractivity contribution in [3.05, 3.63) is 35.9 Å². The van der Waals surface area contributed by atoms with Gasteiger partial charge in [0.25, 0.3) is 5.91 Å². The zero-order valence-corrected chi connectivity index (χ0v) is 16.0. The fourth-order valence-corrected chi connectivity index (χ4v) is 2.18. The van der Waals surface area contributed by atoms with Gasteiger partial charge in [-0.25, -0.2) is 9.59 Å². The standard InChI is InChI=1S/C19H28N2O5/c1-6-19(4,5)17(23)21(12-14-10-8-7-9-11-14)26-16(22)15(13(2)3)20-18(24)25/h7-11,13,15,20H,6,12H2,1-5H3,(H,24,25). The first-order valence-electron chi connectivity index (χ1n) is 8.65. The molecule has 7 nitrogen and oxygen atoms in total. The molecule has 0 aliphatic heterocycles. The second-order valence-corrected chi connectivity index (χ2v) is 7.15. The first-order chi connectivity index (χ1) is 12.1. The van der Waals surface area contributed by atoms with Crippen LogP contribution >= 0.6 is 0 Å². The van der Waals surface area contributed by atoms with E-state index < -0.39 is 23.5 Å². The molecule has 0 aromatic heterocycles. The molecule has 1 aromatic rings. The second-order valence-electron chi connectivity index (χ2n) is 7.15. The Kier molecular flexibility index (Phi) is 7.61. The third-order valence-corrected chi connectivity index (χ3v) is 4.26. The molecular weight excluding hydrogens is 336 g/mol. The first kappa shape index (κ1) is 21.5. The largest absolute Gasteiger partial charge is 0.465 e. The molecule has 1 aromatic carbocycles. The average Bonchev–Trinajstić information content (AvgIpc) is 2.58. The predicted octanol–water partition coefficient (Wildman–Crippen LogP) is 3.20. The molecule has 0 bridgehead atoms. The number of nitrogens with zero attached hydrogens (tertiary/aromatic N) is 1. The smallest absolute Gasteiger partial charge is 0.405 e. The van der Waals surface area contributed by atoms with Gasteiger partial charge in [0.1, 0.15) is 6.04 Å². The predicted molar refractivity (Wildman–Crippen MR) is 96.9 cm³/mol. The van der Waals surface area contributed by atoms with Crippen LogP contribution in [0.4, 0.5) is 4.79 Å². The van der Waals surface area contributed by atoms with Crippen molar-refractivity contribution < 1.29 is 24.3 Å². The lowest BCUT2D eigenvalue weighted by Gasteiger charge is -2.31. The summed E-state index contributed by atoms with van der Waals surface area (Å²) in [6.07, 6.45) is -0.758. The second kappa shape index (κ2) is 9.22. The first-order valence-corrected chi connectivity index (χ1v) is 8.65. The van der Waals surface area contributed by atoms with Gasteiger partial charge >= 0.3 is 12.1 Å². The summed E-state index contributed by atoms with van der Waals surface area (Å²) in [5, 5.41) is 12.1. The summed E-state index contributed by atoms with van der Waals surface area (Å²) in [4.78, 5) is 41.6. The number of benzene rings is 1. The van der Waals surface area contributed by atoms with Gasteiger partial charge in [0.05, 0.1) is 6.54 Å². The van der Waals surface area contributed by atoms with Crippen LogP contribution in [0.2, 0.25) is 0 Å². The van der Waals surface area contributed by atoms with E-state index in [-0.39, 0.29) is 18.4 Å². The van der Waals surface area contributed by atoms with E-state index in [1.165, 1.54) is 0 Å². The van der Waals surface area contributed by atoms with Crippen LogP contribution in [0.5, 0.6) is 0 Å². The van der Waals surface area contributed by atoms with E-state index in [9.17, 15) is 14.4 Å². The summed E-state index contributed by atoms with van der Waals surface area (Å²) in [6.45, 7) is 8.91. The Morgan fingerprint density at radius 3 is 2.23 bits per heavy atom. The van der Waals surface area contributed by atoms with Crippen LogP contribution in [-0.4, -0.2) is 34.2 Å². The van der Waals surface area contributed by atoms with Gasteiger partial charge in [-0.1, -0.05) is 65.0 Å². The zero-order chi connectivity index (χ0) is 19.9. The highest BCUT2D eigenvalue weighted by molar-refractivity contribution is 5.85. The van der Waals surface area contributed by atoms with Crippen LogP contribution in [0, 0.1) is 11.3 Å². The lowest BCUT2D eigenvalue weighted by atomic mass is 9.89. The fourth-order valence-electron chi connectivity index (χ4n) is 2.18. The Balaban J connectivity index is 3.05. The molecule has 0 spiro atoms. The molecule has 1 unspecified atom stereocenters. The molecule has 0 aliphatic carbocycles. The minimum Gasteiger partial charge on any atom is -0.465 e. The van der Waals surface area contributed by atoms with Gasteiger partial charge in [-0.15, -0.1) is 0 Å². The van der Waals surface area contributed by atoms with Crippen LogP contribution in [0.25, 0.3) is 0 Å². The molecule has 1 atom stereocenters. The number of carbonyl (C=O) groups is 3. The number of hydrogen-bond acceptors (Lipinski definition) is 4. The summed E-state index contributed by atoms with van der Waals surface area (Å²) < 4.78 is 0. The van der Waals surface area contributed by atoms with Gasteiger partial charge in [-0.2, -0.15) is 5.06 Å². The summed E-state index contributed by atoms with van der Waals surface area (Å²) in [6, 6.07) is 8.08. The van der Waals surface area contributed by atoms with Crippen molar-refractivity contribution in [3.8, 4) is 0 Å².